The number of carbonyl (C=O) groups is 1. The zero-order valence-corrected chi connectivity index (χ0v) is 14.5. The molecule has 2 aromatic rings. The molecule has 0 aromatic heterocycles. The fraction of sp³-hybridized carbons (Fsp3) is 0.316. The predicted molar refractivity (Wildman–Crippen MR) is 94.6 cm³/mol. The molecule has 3 rings (SSSR count). The Hall–Kier alpha value is -2.14. The summed E-state index contributed by atoms with van der Waals surface area (Å²) in [5.74, 6) is -0.215. The highest BCUT2D eigenvalue weighted by molar-refractivity contribution is 7.89. The van der Waals surface area contributed by atoms with Crippen LogP contribution in [0.2, 0.25) is 0 Å². The van der Waals surface area contributed by atoms with Crippen molar-refractivity contribution in [3.63, 3.8) is 0 Å². The number of hydrogen-bond donors (Lipinski definition) is 1. The number of carbonyl (C=O) groups excluding carboxylic acids is 1. The lowest BCUT2D eigenvalue weighted by molar-refractivity contribution is 0.0932. The largest absolute Gasteiger partial charge is 0.345 e. The smallest absolute Gasteiger partial charge is 0.251 e. The van der Waals surface area contributed by atoms with E-state index in [1.807, 2.05) is 12.1 Å². The van der Waals surface area contributed by atoms with Crippen LogP contribution in [0, 0.1) is 0 Å². The van der Waals surface area contributed by atoms with Crippen molar-refractivity contribution in [2.24, 2.45) is 0 Å². The molecule has 2 aromatic carbocycles. The lowest BCUT2D eigenvalue weighted by Crippen LogP contribution is -2.31. The zero-order valence-electron chi connectivity index (χ0n) is 13.7. The molecule has 0 fully saturated rings. The lowest BCUT2D eigenvalue weighted by Gasteiger charge is -2.26. The molecule has 126 valence electrons. The van der Waals surface area contributed by atoms with E-state index in [2.05, 4.69) is 17.4 Å². The van der Waals surface area contributed by atoms with Crippen molar-refractivity contribution < 1.29 is 13.2 Å². The van der Waals surface area contributed by atoms with E-state index in [0.29, 0.717) is 11.1 Å². The second-order valence-electron chi connectivity index (χ2n) is 6.39. The predicted octanol–water partition coefficient (Wildman–Crippen LogP) is 3.04. The molecular formula is C19H21NO3S. The number of nitrogens with one attached hydrogen (secondary N) is 1. The Kier molecular flexibility index (Phi) is 4.71. The normalized spacial score (nSPS) is 17.1. The van der Waals surface area contributed by atoms with Gasteiger partial charge in [-0.25, -0.2) is 8.42 Å². The van der Waals surface area contributed by atoms with Gasteiger partial charge in [-0.05, 0) is 48.1 Å². The Morgan fingerprint density at radius 3 is 2.75 bits per heavy atom. The molecule has 1 aliphatic carbocycles. The molecule has 0 aliphatic heterocycles. The van der Waals surface area contributed by atoms with Crippen LogP contribution in [-0.4, -0.2) is 20.6 Å². The fourth-order valence-corrected chi connectivity index (χ4v) is 4.04. The van der Waals surface area contributed by atoms with Crippen LogP contribution in [0.1, 0.15) is 45.9 Å². The van der Waals surface area contributed by atoms with Gasteiger partial charge in [0.15, 0.2) is 9.84 Å². The Balaban J connectivity index is 1.78. The first kappa shape index (κ1) is 16.7. The third kappa shape index (κ3) is 4.03. The topological polar surface area (TPSA) is 63.2 Å². The maximum absolute atomic E-state index is 12.6. The summed E-state index contributed by atoms with van der Waals surface area (Å²) in [4.78, 5) is 12.6. The molecule has 1 aliphatic rings. The van der Waals surface area contributed by atoms with Crippen molar-refractivity contribution in [1.82, 2.24) is 5.32 Å². The Labute approximate surface area is 142 Å². The van der Waals surface area contributed by atoms with Crippen LogP contribution in [0.4, 0.5) is 0 Å². The van der Waals surface area contributed by atoms with Crippen LogP contribution >= 0.6 is 0 Å². The molecule has 1 amide bonds. The number of hydrogen-bond acceptors (Lipinski definition) is 3. The Morgan fingerprint density at radius 1 is 1.17 bits per heavy atom. The summed E-state index contributed by atoms with van der Waals surface area (Å²) in [5, 5.41) is 3.09. The first-order valence-corrected chi connectivity index (χ1v) is 10.1. The molecule has 0 radical (unpaired) electrons. The highest BCUT2D eigenvalue weighted by Gasteiger charge is 2.22. The summed E-state index contributed by atoms with van der Waals surface area (Å²) in [6.45, 7) is 0. The Bertz CT molecular complexity index is 858. The summed E-state index contributed by atoms with van der Waals surface area (Å²) in [5.41, 5.74) is 3.61. The molecule has 0 heterocycles. The van der Waals surface area contributed by atoms with Crippen molar-refractivity contribution in [1.29, 1.82) is 0 Å². The summed E-state index contributed by atoms with van der Waals surface area (Å²) < 4.78 is 22.9. The molecule has 1 N–H and O–H groups in total. The molecule has 0 unspecified atom stereocenters. The van der Waals surface area contributed by atoms with E-state index in [-0.39, 0.29) is 17.7 Å². The molecule has 0 saturated heterocycles. The van der Waals surface area contributed by atoms with Crippen LogP contribution < -0.4 is 5.32 Å². The molecule has 0 spiro atoms. The van der Waals surface area contributed by atoms with E-state index in [1.54, 1.807) is 24.3 Å². The van der Waals surface area contributed by atoms with Gasteiger partial charge >= 0.3 is 0 Å². The van der Waals surface area contributed by atoms with E-state index in [0.717, 1.165) is 19.3 Å². The van der Waals surface area contributed by atoms with E-state index in [9.17, 15) is 13.2 Å². The van der Waals surface area contributed by atoms with E-state index in [1.165, 1.54) is 17.4 Å². The van der Waals surface area contributed by atoms with Gasteiger partial charge in [-0.15, -0.1) is 0 Å². The number of aryl methyl sites for hydroxylation is 1. The van der Waals surface area contributed by atoms with Gasteiger partial charge in [-0.1, -0.05) is 36.4 Å². The third-order valence-corrected chi connectivity index (χ3v) is 5.15. The molecule has 0 bridgehead atoms. The van der Waals surface area contributed by atoms with Crippen LogP contribution in [0.15, 0.2) is 48.5 Å². The van der Waals surface area contributed by atoms with Crippen molar-refractivity contribution >= 4 is 15.7 Å². The van der Waals surface area contributed by atoms with Crippen molar-refractivity contribution in [2.45, 2.75) is 31.1 Å². The quantitative estimate of drug-likeness (QED) is 0.928. The average molecular weight is 343 g/mol. The number of amides is 1. The summed E-state index contributed by atoms with van der Waals surface area (Å²) in [6, 6.07) is 15.0. The van der Waals surface area contributed by atoms with E-state index < -0.39 is 9.84 Å². The van der Waals surface area contributed by atoms with Crippen LogP contribution in [0.5, 0.6) is 0 Å². The molecular weight excluding hydrogens is 322 g/mol. The fourth-order valence-electron chi connectivity index (χ4n) is 3.25. The second kappa shape index (κ2) is 6.77. The molecule has 0 saturated carbocycles. The summed E-state index contributed by atoms with van der Waals surface area (Å²) >= 11 is 0. The molecule has 4 nitrogen and oxygen atoms in total. The maximum atomic E-state index is 12.6. The van der Waals surface area contributed by atoms with Gasteiger partial charge in [0.1, 0.15) is 0 Å². The van der Waals surface area contributed by atoms with Gasteiger partial charge in [-0.3, -0.25) is 4.79 Å². The minimum atomic E-state index is -3.12. The van der Waals surface area contributed by atoms with Gasteiger partial charge in [0.25, 0.3) is 5.91 Å². The highest BCUT2D eigenvalue weighted by atomic mass is 32.2. The number of rotatable bonds is 4. The first-order chi connectivity index (χ1) is 11.4. The average Bonchev–Trinajstić information content (AvgIpc) is 2.54. The van der Waals surface area contributed by atoms with E-state index >= 15 is 0 Å². The van der Waals surface area contributed by atoms with Crippen LogP contribution in [0.3, 0.4) is 0 Å². The van der Waals surface area contributed by atoms with Crippen LogP contribution in [-0.2, 0) is 22.0 Å². The number of benzene rings is 2. The Morgan fingerprint density at radius 2 is 1.96 bits per heavy atom. The molecule has 1 atom stereocenters. The first-order valence-electron chi connectivity index (χ1n) is 8.08. The van der Waals surface area contributed by atoms with Crippen molar-refractivity contribution in [3.8, 4) is 0 Å². The minimum absolute atomic E-state index is 0.0148. The van der Waals surface area contributed by atoms with Crippen LogP contribution in [0.25, 0.3) is 0 Å². The van der Waals surface area contributed by atoms with Gasteiger partial charge in [0.05, 0.1) is 11.8 Å². The maximum Gasteiger partial charge on any atom is 0.251 e. The highest BCUT2D eigenvalue weighted by Crippen LogP contribution is 2.29. The molecule has 24 heavy (non-hydrogen) atoms. The minimum Gasteiger partial charge on any atom is -0.345 e. The van der Waals surface area contributed by atoms with Gasteiger partial charge in [0.2, 0.25) is 0 Å². The standard InChI is InChI=1S/C19H21NO3S/c1-24(22,23)13-14-6-4-9-16(12-14)19(21)20-18-11-5-8-15-7-2-3-10-17(15)18/h2-4,6-7,9-10,12,18H,5,8,11,13H2,1H3,(H,20,21)/t18-/m1/s1. The lowest BCUT2D eigenvalue weighted by atomic mass is 9.87. The van der Waals surface area contributed by atoms with Gasteiger partial charge in [-0.2, -0.15) is 0 Å². The van der Waals surface area contributed by atoms with Gasteiger partial charge < -0.3 is 5.32 Å². The molecule has 5 heteroatoms. The zero-order chi connectivity index (χ0) is 17.2. The van der Waals surface area contributed by atoms with Gasteiger partial charge in [0, 0.05) is 11.8 Å². The third-order valence-electron chi connectivity index (χ3n) is 4.29. The summed E-state index contributed by atoms with van der Waals surface area (Å²) in [6.07, 6.45) is 4.22. The van der Waals surface area contributed by atoms with Crippen molar-refractivity contribution in [3.05, 3.63) is 70.8 Å². The summed E-state index contributed by atoms with van der Waals surface area (Å²) in [7, 11) is -3.12. The number of sulfone groups is 1. The number of fused-ring (bicyclic) bond motifs is 1. The van der Waals surface area contributed by atoms with E-state index in [4.69, 9.17) is 0 Å². The van der Waals surface area contributed by atoms with Crippen molar-refractivity contribution in [2.75, 3.05) is 6.26 Å². The SMILES string of the molecule is CS(=O)(=O)Cc1cccc(C(=O)N[C@@H]2CCCc3ccccc32)c1. The second-order valence-corrected chi connectivity index (χ2v) is 8.53. The monoisotopic (exact) mass is 343 g/mol.